The zero-order valence-corrected chi connectivity index (χ0v) is 23.5. The molecule has 204 valence electrons. The Morgan fingerprint density at radius 1 is 1.05 bits per heavy atom. The van der Waals surface area contributed by atoms with E-state index in [-0.39, 0.29) is 13.2 Å². The maximum atomic E-state index is 12.3. The Morgan fingerprint density at radius 3 is 2.70 bits per heavy atom. The predicted octanol–water partition coefficient (Wildman–Crippen LogP) is 5.93. The molecule has 1 aliphatic heterocycles. The number of benzene rings is 2. The van der Waals surface area contributed by atoms with Crippen LogP contribution in [0.1, 0.15) is 22.4 Å². The standard InChI is InChI=1S/C29H27N5O5S/c1-14-6-20(25-21(7-14)33-23(36-5)11-31-25)28-34-24-16(3)9-22-26(27(24)40-28)37-12-19(39-22)13-38-29(35)32-18-8-15(2)17(4)30-10-18/h6-11,19H,12-13H2,1-5H3,(H,32,35). The van der Waals surface area contributed by atoms with E-state index in [9.17, 15) is 4.79 Å². The molecule has 5 aromatic rings. The number of thiazole rings is 1. The van der Waals surface area contributed by atoms with Crippen molar-refractivity contribution in [3.8, 4) is 28.0 Å². The molecule has 0 saturated carbocycles. The van der Waals surface area contributed by atoms with Crippen molar-refractivity contribution >= 4 is 44.4 Å². The van der Waals surface area contributed by atoms with Gasteiger partial charge in [-0.15, -0.1) is 11.3 Å². The maximum absolute atomic E-state index is 12.3. The Kier molecular flexibility index (Phi) is 6.59. The third-order valence-corrected chi connectivity index (χ3v) is 7.77. The number of nitrogens with zero attached hydrogens (tertiary/aromatic N) is 4. The highest BCUT2D eigenvalue weighted by Gasteiger charge is 2.27. The Hall–Kier alpha value is -4.51. The first-order chi connectivity index (χ1) is 19.3. The summed E-state index contributed by atoms with van der Waals surface area (Å²) in [5, 5.41) is 3.51. The average molecular weight is 558 g/mol. The van der Waals surface area contributed by atoms with Crippen LogP contribution in [0.25, 0.3) is 31.8 Å². The first-order valence-electron chi connectivity index (χ1n) is 12.7. The van der Waals surface area contributed by atoms with Gasteiger partial charge < -0.3 is 18.9 Å². The van der Waals surface area contributed by atoms with Gasteiger partial charge in [-0.3, -0.25) is 10.3 Å². The monoisotopic (exact) mass is 557 g/mol. The van der Waals surface area contributed by atoms with E-state index in [0.29, 0.717) is 23.1 Å². The molecule has 40 heavy (non-hydrogen) atoms. The number of amides is 1. The molecule has 11 heteroatoms. The van der Waals surface area contributed by atoms with Crippen LogP contribution in [0.5, 0.6) is 17.4 Å². The number of fused-ring (bicyclic) bond motifs is 4. The van der Waals surface area contributed by atoms with Gasteiger partial charge in [0.2, 0.25) is 5.88 Å². The maximum Gasteiger partial charge on any atom is 0.411 e. The van der Waals surface area contributed by atoms with Crippen LogP contribution in [0.2, 0.25) is 0 Å². The van der Waals surface area contributed by atoms with E-state index in [0.717, 1.165) is 54.2 Å². The molecule has 6 rings (SSSR count). The summed E-state index contributed by atoms with van der Waals surface area (Å²) in [6.45, 7) is 8.11. The lowest BCUT2D eigenvalue weighted by Gasteiger charge is -2.26. The number of hydrogen-bond donors (Lipinski definition) is 1. The fraction of sp³-hybridized carbons (Fsp3) is 0.276. The van der Waals surface area contributed by atoms with Gasteiger partial charge in [-0.25, -0.2) is 19.7 Å². The number of rotatable bonds is 5. The highest BCUT2D eigenvalue weighted by molar-refractivity contribution is 7.22. The molecular formula is C29H27N5O5S. The predicted molar refractivity (Wildman–Crippen MR) is 153 cm³/mol. The second-order valence-electron chi connectivity index (χ2n) is 9.71. The van der Waals surface area contributed by atoms with Gasteiger partial charge in [0, 0.05) is 11.3 Å². The molecule has 1 N–H and O–H groups in total. The minimum atomic E-state index is -0.579. The Morgan fingerprint density at radius 2 is 1.90 bits per heavy atom. The summed E-state index contributed by atoms with van der Waals surface area (Å²) >= 11 is 1.52. The van der Waals surface area contributed by atoms with Crippen LogP contribution in [0.3, 0.4) is 0 Å². The van der Waals surface area contributed by atoms with Gasteiger partial charge in [0.25, 0.3) is 0 Å². The van der Waals surface area contributed by atoms with Crippen LogP contribution in [0.4, 0.5) is 10.5 Å². The number of ether oxygens (including phenoxy) is 4. The molecule has 1 atom stereocenters. The quantitative estimate of drug-likeness (QED) is 0.280. The molecule has 4 heterocycles. The Labute approximate surface area is 234 Å². The van der Waals surface area contributed by atoms with Crippen molar-refractivity contribution in [2.45, 2.75) is 33.8 Å². The summed E-state index contributed by atoms with van der Waals surface area (Å²) in [6.07, 6.45) is 2.18. The molecule has 0 aliphatic carbocycles. The van der Waals surface area contributed by atoms with E-state index in [1.54, 1.807) is 19.5 Å². The van der Waals surface area contributed by atoms with E-state index >= 15 is 0 Å². The third-order valence-electron chi connectivity index (χ3n) is 6.68. The molecule has 0 fully saturated rings. The molecule has 2 aromatic carbocycles. The molecule has 3 aromatic heterocycles. The average Bonchev–Trinajstić information content (AvgIpc) is 3.39. The zero-order chi connectivity index (χ0) is 28.0. The van der Waals surface area contributed by atoms with Gasteiger partial charge in [-0.05, 0) is 68.7 Å². The molecule has 1 unspecified atom stereocenters. The molecule has 0 spiro atoms. The van der Waals surface area contributed by atoms with Gasteiger partial charge >= 0.3 is 6.09 Å². The van der Waals surface area contributed by atoms with E-state index in [1.165, 1.54) is 11.3 Å². The van der Waals surface area contributed by atoms with Crippen LogP contribution in [0, 0.1) is 27.7 Å². The summed E-state index contributed by atoms with van der Waals surface area (Å²) in [5.41, 5.74) is 7.69. The third kappa shape index (κ3) is 4.84. The fourth-order valence-corrected chi connectivity index (χ4v) is 5.69. The number of aryl methyl sites for hydroxylation is 4. The normalized spacial score (nSPS) is 14.4. The number of anilines is 1. The lowest BCUT2D eigenvalue weighted by molar-refractivity contribution is 0.0383. The van der Waals surface area contributed by atoms with E-state index < -0.39 is 12.2 Å². The number of carbonyl (C=O) groups excluding carboxylic acids is 1. The summed E-state index contributed by atoms with van der Waals surface area (Å²) in [5.74, 6) is 1.69. The minimum absolute atomic E-state index is 0.0337. The lowest BCUT2D eigenvalue weighted by Crippen LogP contribution is -2.35. The minimum Gasteiger partial charge on any atom is -0.484 e. The second kappa shape index (κ2) is 10.2. The van der Waals surface area contributed by atoms with Gasteiger partial charge in [-0.1, -0.05) is 0 Å². The summed E-state index contributed by atoms with van der Waals surface area (Å²) in [4.78, 5) is 30.7. The fourth-order valence-electron chi connectivity index (χ4n) is 4.54. The van der Waals surface area contributed by atoms with Crippen molar-refractivity contribution in [1.82, 2.24) is 19.9 Å². The number of aromatic nitrogens is 4. The van der Waals surface area contributed by atoms with Crippen molar-refractivity contribution in [2.24, 2.45) is 0 Å². The molecule has 1 amide bonds. The van der Waals surface area contributed by atoms with Crippen LogP contribution in [0.15, 0.2) is 36.7 Å². The molecule has 0 radical (unpaired) electrons. The van der Waals surface area contributed by atoms with Gasteiger partial charge in [0.15, 0.2) is 17.6 Å². The molecule has 0 saturated heterocycles. The van der Waals surface area contributed by atoms with Crippen molar-refractivity contribution in [1.29, 1.82) is 0 Å². The van der Waals surface area contributed by atoms with Gasteiger partial charge in [0.05, 0.1) is 41.7 Å². The molecule has 0 bridgehead atoms. The second-order valence-corrected chi connectivity index (χ2v) is 10.7. The van der Waals surface area contributed by atoms with Gasteiger partial charge in [0.1, 0.15) is 22.9 Å². The molecular weight excluding hydrogens is 530 g/mol. The molecule has 1 aliphatic rings. The highest BCUT2D eigenvalue weighted by Crippen LogP contribution is 2.46. The van der Waals surface area contributed by atoms with E-state index in [1.807, 2.05) is 45.9 Å². The van der Waals surface area contributed by atoms with Gasteiger partial charge in [-0.2, -0.15) is 0 Å². The van der Waals surface area contributed by atoms with Crippen LogP contribution in [-0.4, -0.2) is 52.5 Å². The van der Waals surface area contributed by atoms with Crippen LogP contribution in [-0.2, 0) is 4.74 Å². The number of nitrogens with one attached hydrogen (secondary N) is 1. The van der Waals surface area contributed by atoms with Crippen LogP contribution < -0.4 is 19.5 Å². The SMILES string of the molecule is COc1cnc2c(-c3nc4c(C)cc5c(c4s3)OCC(COC(=O)Nc3cnc(C)c(C)c3)O5)cc(C)cc2n1. The van der Waals surface area contributed by atoms with Crippen molar-refractivity contribution in [3.05, 3.63) is 59.0 Å². The van der Waals surface area contributed by atoms with Crippen molar-refractivity contribution in [3.63, 3.8) is 0 Å². The lowest BCUT2D eigenvalue weighted by atomic mass is 10.1. The Bertz CT molecular complexity index is 1790. The summed E-state index contributed by atoms with van der Waals surface area (Å²) < 4.78 is 23.9. The topological polar surface area (TPSA) is 118 Å². The number of hydrogen-bond acceptors (Lipinski definition) is 10. The first kappa shape index (κ1) is 25.8. The summed E-state index contributed by atoms with van der Waals surface area (Å²) in [6, 6.07) is 7.80. The molecule has 10 nitrogen and oxygen atoms in total. The largest absolute Gasteiger partial charge is 0.484 e. The zero-order valence-electron chi connectivity index (χ0n) is 22.7. The number of pyridine rings is 1. The number of methoxy groups -OCH3 is 1. The first-order valence-corrected chi connectivity index (χ1v) is 13.5. The van der Waals surface area contributed by atoms with E-state index in [2.05, 4.69) is 26.3 Å². The van der Waals surface area contributed by atoms with Crippen molar-refractivity contribution < 1.29 is 23.7 Å². The summed E-state index contributed by atoms with van der Waals surface area (Å²) in [7, 11) is 1.57. The van der Waals surface area contributed by atoms with Crippen LogP contribution >= 0.6 is 11.3 Å². The smallest absolute Gasteiger partial charge is 0.411 e. The van der Waals surface area contributed by atoms with Crippen molar-refractivity contribution in [2.75, 3.05) is 25.6 Å². The number of carbonyl (C=O) groups is 1. The highest BCUT2D eigenvalue weighted by atomic mass is 32.1. The Balaban J connectivity index is 1.23. The van der Waals surface area contributed by atoms with E-state index in [4.69, 9.17) is 23.9 Å².